The van der Waals surface area contributed by atoms with Crippen LogP contribution in [0.3, 0.4) is 0 Å². The molecule has 102 valence electrons. The Morgan fingerprint density at radius 3 is 2.84 bits per heavy atom. The highest BCUT2D eigenvalue weighted by Gasteiger charge is 2.08. The first-order valence-electron chi connectivity index (χ1n) is 6.16. The van der Waals surface area contributed by atoms with Gasteiger partial charge in [0.15, 0.2) is 0 Å². The Balaban J connectivity index is 1.81. The molecule has 2 N–H and O–H groups in total. The summed E-state index contributed by atoms with van der Waals surface area (Å²) < 4.78 is 0. The Kier molecular flexibility index (Phi) is 4.74. The zero-order chi connectivity index (χ0) is 13.8. The monoisotopic (exact) mass is 295 g/mol. The van der Waals surface area contributed by atoms with Crippen molar-refractivity contribution in [1.29, 1.82) is 0 Å². The van der Waals surface area contributed by atoms with E-state index in [-0.39, 0.29) is 5.91 Å². The van der Waals surface area contributed by atoms with E-state index in [1.54, 1.807) is 18.3 Å². The van der Waals surface area contributed by atoms with Crippen molar-refractivity contribution in [3.8, 4) is 0 Å². The standard InChI is InChI=1S/C14H17NO2S2/c1-9-7-13(18-8-9)14(17)15-6-5-11-3-4-12(19-11)10(2)16/h3-4,7-8,10,16H,5-6H2,1-2H3,(H,15,17)/t10-/m0/s1. The van der Waals surface area contributed by atoms with Gasteiger partial charge in [0.05, 0.1) is 11.0 Å². The van der Waals surface area contributed by atoms with Gasteiger partial charge in [-0.2, -0.15) is 0 Å². The molecule has 0 spiro atoms. The van der Waals surface area contributed by atoms with E-state index in [1.165, 1.54) is 16.2 Å². The third-order valence-electron chi connectivity index (χ3n) is 2.71. The number of amides is 1. The van der Waals surface area contributed by atoms with Gasteiger partial charge < -0.3 is 10.4 Å². The molecule has 0 aliphatic carbocycles. The fraction of sp³-hybridized carbons (Fsp3) is 0.357. The summed E-state index contributed by atoms with van der Waals surface area (Å²) in [5.74, 6) is -0.00888. The van der Waals surface area contributed by atoms with E-state index in [2.05, 4.69) is 5.32 Å². The second kappa shape index (κ2) is 6.32. The summed E-state index contributed by atoms with van der Waals surface area (Å²) in [6.45, 7) is 4.36. The smallest absolute Gasteiger partial charge is 0.261 e. The number of aryl methyl sites for hydroxylation is 1. The van der Waals surface area contributed by atoms with Crippen molar-refractivity contribution < 1.29 is 9.90 Å². The number of carbonyl (C=O) groups excluding carboxylic acids is 1. The molecule has 2 rings (SSSR count). The molecule has 2 aromatic heterocycles. The molecule has 3 nitrogen and oxygen atoms in total. The number of aliphatic hydroxyl groups excluding tert-OH is 1. The number of aliphatic hydroxyl groups is 1. The lowest BCUT2D eigenvalue weighted by atomic mass is 10.3. The number of nitrogens with one attached hydrogen (secondary N) is 1. The van der Waals surface area contributed by atoms with Gasteiger partial charge in [0.2, 0.25) is 0 Å². The van der Waals surface area contributed by atoms with Crippen LogP contribution >= 0.6 is 22.7 Å². The highest BCUT2D eigenvalue weighted by atomic mass is 32.1. The topological polar surface area (TPSA) is 49.3 Å². The van der Waals surface area contributed by atoms with Gasteiger partial charge in [0, 0.05) is 16.3 Å². The minimum Gasteiger partial charge on any atom is -0.388 e. The van der Waals surface area contributed by atoms with Gasteiger partial charge >= 0.3 is 0 Å². The summed E-state index contributed by atoms with van der Waals surface area (Å²) in [5.41, 5.74) is 1.12. The first-order chi connectivity index (χ1) is 9.06. The molecule has 1 amide bonds. The minimum atomic E-state index is -0.414. The third kappa shape index (κ3) is 3.89. The molecule has 1 atom stereocenters. The van der Waals surface area contributed by atoms with Crippen LogP contribution in [0.5, 0.6) is 0 Å². The number of carbonyl (C=O) groups is 1. The normalized spacial score (nSPS) is 12.4. The van der Waals surface area contributed by atoms with Crippen LogP contribution in [0.1, 0.15) is 38.0 Å². The van der Waals surface area contributed by atoms with E-state index in [0.717, 1.165) is 21.7 Å². The lowest BCUT2D eigenvalue weighted by Crippen LogP contribution is -2.24. The molecule has 0 saturated heterocycles. The highest BCUT2D eigenvalue weighted by molar-refractivity contribution is 7.12. The zero-order valence-electron chi connectivity index (χ0n) is 11.0. The molecule has 0 fully saturated rings. The Labute approximate surface area is 120 Å². The summed E-state index contributed by atoms with van der Waals surface area (Å²) in [6, 6.07) is 5.85. The van der Waals surface area contributed by atoms with Crippen LogP contribution in [0.4, 0.5) is 0 Å². The minimum absolute atomic E-state index is 0.00888. The van der Waals surface area contributed by atoms with Gasteiger partial charge in [-0.1, -0.05) is 0 Å². The molecule has 0 radical (unpaired) electrons. The maximum Gasteiger partial charge on any atom is 0.261 e. The van der Waals surface area contributed by atoms with Crippen molar-refractivity contribution in [2.45, 2.75) is 26.4 Å². The quantitative estimate of drug-likeness (QED) is 0.890. The van der Waals surface area contributed by atoms with Crippen molar-refractivity contribution in [1.82, 2.24) is 5.32 Å². The summed E-state index contributed by atoms with van der Waals surface area (Å²) in [4.78, 5) is 14.7. The van der Waals surface area contributed by atoms with Gasteiger partial charge in [0.25, 0.3) is 5.91 Å². The molecular weight excluding hydrogens is 278 g/mol. The average molecular weight is 295 g/mol. The van der Waals surface area contributed by atoms with Crippen LogP contribution in [0, 0.1) is 6.92 Å². The van der Waals surface area contributed by atoms with Gasteiger partial charge in [-0.25, -0.2) is 0 Å². The van der Waals surface area contributed by atoms with Crippen LogP contribution in [-0.4, -0.2) is 17.6 Å². The second-order valence-corrected chi connectivity index (χ2v) is 6.59. The fourth-order valence-corrected chi connectivity index (χ4v) is 3.45. The molecule has 0 unspecified atom stereocenters. The van der Waals surface area contributed by atoms with Crippen LogP contribution in [0.2, 0.25) is 0 Å². The van der Waals surface area contributed by atoms with Crippen molar-refractivity contribution in [3.63, 3.8) is 0 Å². The van der Waals surface area contributed by atoms with Crippen LogP contribution < -0.4 is 5.32 Å². The number of rotatable bonds is 5. The SMILES string of the molecule is Cc1csc(C(=O)NCCc2ccc([C@H](C)O)s2)c1. The Hall–Kier alpha value is -1.17. The molecule has 5 heteroatoms. The molecule has 0 aliphatic heterocycles. The lowest BCUT2D eigenvalue weighted by molar-refractivity contribution is 0.0958. The Bertz CT molecular complexity index is 557. The Morgan fingerprint density at radius 2 is 2.26 bits per heavy atom. The van der Waals surface area contributed by atoms with Crippen LogP contribution in [0.15, 0.2) is 23.6 Å². The molecule has 0 aliphatic rings. The molecule has 2 aromatic rings. The maximum atomic E-state index is 11.8. The molecule has 0 saturated carbocycles. The molecular formula is C14H17NO2S2. The zero-order valence-corrected chi connectivity index (χ0v) is 12.6. The van der Waals surface area contributed by atoms with Gasteiger partial charge in [0.1, 0.15) is 0 Å². The first-order valence-corrected chi connectivity index (χ1v) is 7.86. The van der Waals surface area contributed by atoms with Crippen molar-refractivity contribution >= 4 is 28.6 Å². The second-order valence-electron chi connectivity index (χ2n) is 4.47. The summed E-state index contributed by atoms with van der Waals surface area (Å²) in [7, 11) is 0. The number of thiophene rings is 2. The van der Waals surface area contributed by atoms with E-state index in [9.17, 15) is 9.90 Å². The van der Waals surface area contributed by atoms with E-state index in [4.69, 9.17) is 0 Å². The largest absolute Gasteiger partial charge is 0.388 e. The average Bonchev–Trinajstić information content (AvgIpc) is 2.98. The van der Waals surface area contributed by atoms with Gasteiger partial charge in [-0.15, -0.1) is 22.7 Å². The predicted molar refractivity (Wildman–Crippen MR) is 80.0 cm³/mol. The van der Waals surface area contributed by atoms with Crippen molar-refractivity contribution in [3.05, 3.63) is 43.8 Å². The first kappa shape index (κ1) is 14.2. The third-order valence-corrected chi connectivity index (χ3v) is 5.07. The van der Waals surface area contributed by atoms with Crippen molar-refractivity contribution in [2.24, 2.45) is 0 Å². The van der Waals surface area contributed by atoms with Gasteiger partial charge in [-0.05, 0) is 49.4 Å². The summed E-state index contributed by atoms with van der Waals surface area (Å²) in [5, 5.41) is 14.3. The van der Waals surface area contributed by atoms with E-state index >= 15 is 0 Å². The molecule has 2 heterocycles. The van der Waals surface area contributed by atoms with E-state index < -0.39 is 6.10 Å². The summed E-state index contributed by atoms with van der Waals surface area (Å²) >= 11 is 3.06. The Morgan fingerprint density at radius 1 is 1.47 bits per heavy atom. The molecule has 0 aromatic carbocycles. The van der Waals surface area contributed by atoms with E-state index in [0.29, 0.717) is 6.54 Å². The summed E-state index contributed by atoms with van der Waals surface area (Å²) in [6.07, 6.45) is 0.385. The number of hydrogen-bond acceptors (Lipinski definition) is 4. The van der Waals surface area contributed by atoms with Crippen molar-refractivity contribution in [2.75, 3.05) is 6.54 Å². The lowest BCUT2D eigenvalue weighted by Gasteiger charge is -2.02. The number of hydrogen-bond donors (Lipinski definition) is 2. The molecule has 19 heavy (non-hydrogen) atoms. The highest BCUT2D eigenvalue weighted by Crippen LogP contribution is 2.23. The molecule has 0 bridgehead atoms. The van der Waals surface area contributed by atoms with E-state index in [1.807, 2.05) is 30.5 Å². The van der Waals surface area contributed by atoms with Crippen LogP contribution in [-0.2, 0) is 6.42 Å². The predicted octanol–water partition coefficient (Wildman–Crippen LogP) is 3.14. The van der Waals surface area contributed by atoms with Gasteiger partial charge in [-0.3, -0.25) is 4.79 Å². The van der Waals surface area contributed by atoms with Crippen LogP contribution in [0.25, 0.3) is 0 Å². The maximum absolute atomic E-state index is 11.8. The fourth-order valence-electron chi connectivity index (χ4n) is 1.69.